The molecular formula is C32H34Cl2N8O4. The molecule has 0 saturated carbocycles. The van der Waals surface area contributed by atoms with Gasteiger partial charge in [-0.1, -0.05) is 59.6 Å². The van der Waals surface area contributed by atoms with Gasteiger partial charge < -0.3 is 25.8 Å². The van der Waals surface area contributed by atoms with Crippen LogP contribution in [0, 0.1) is 0 Å². The van der Waals surface area contributed by atoms with Gasteiger partial charge in [-0.3, -0.25) is 24.5 Å². The van der Waals surface area contributed by atoms with Crippen molar-refractivity contribution < 1.29 is 19.1 Å². The lowest BCUT2D eigenvalue weighted by Gasteiger charge is -2.17. The van der Waals surface area contributed by atoms with Gasteiger partial charge in [0.15, 0.2) is 0 Å². The highest BCUT2D eigenvalue weighted by atomic mass is 35.5. The molecule has 5 rings (SSSR count). The van der Waals surface area contributed by atoms with Crippen LogP contribution in [0.15, 0.2) is 48.8 Å². The van der Waals surface area contributed by atoms with E-state index in [0.717, 1.165) is 6.42 Å². The Kier molecular flexibility index (Phi) is 10.6. The Labute approximate surface area is 276 Å². The lowest BCUT2D eigenvalue weighted by molar-refractivity contribution is -0.120. The van der Waals surface area contributed by atoms with E-state index in [2.05, 4.69) is 25.6 Å². The molecule has 1 atom stereocenters. The second-order valence-corrected chi connectivity index (χ2v) is 11.6. The minimum absolute atomic E-state index is 0.0718. The lowest BCUT2D eigenvalue weighted by Crippen LogP contribution is -2.35. The van der Waals surface area contributed by atoms with Gasteiger partial charge in [0.25, 0.3) is 0 Å². The molecule has 1 aliphatic rings. The number of methoxy groups -OCH3 is 2. The van der Waals surface area contributed by atoms with Crippen molar-refractivity contribution in [3.8, 4) is 45.4 Å². The van der Waals surface area contributed by atoms with Gasteiger partial charge in [-0.2, -0.15) is 0 Å². The van der Waals surface area contributed by atoms with E-state index in [-0.39, 0.29) is 18.5 Å². The van der Waals surface area contributed by atoms with Crippen molar-refractivity contribution in [1.82, 2.24) is 35.5 Å². The Morgan fingerprint density at radius 2 is 1.50 bits per heavy atom. The molecule has 1 fully saturated rings. The highest BCUT2D eigenvalue weighted by Crippen LogP contribution is 2.42. The van der Waals surface area contributed by atoms with Gasteiger partial charge in [-0.25, -0.2) is 9.97 Å². The van der Waals surface area contributed by atoms with Crippen molar-refractivity contribution in [3.63, 3.8) is 0 Å². The number of benzene rings is 2. The fourth-order valence-electron chi connectivity index (χ4n) is 5.26. The zero-order valence-corrected chi connectivity index (χ0v) is 27.2. The number of hydrogen-bond donors (Lipinski definition) is 3. The van der Waals surface area contributed by atoms with Gasteiger partial charge in [-0.15, -0.1) is 0 Å². The highest BCUT2D eigenvalue weighted by molar-refractivity contribution is 6.39. The molecule has 14 heteroatoms. The molecule has 2 amide bonds. The summed E-state index contributed by atoms with van der Waals surface area (Å²) in [7, 11) is 4.81. The Bertz CT molecular complexity index is 1760. The lowest BCUT2D eigenvalue weighted by atomic mass is 9.98. The van der Waals surface area contributed by atoms with Crippen LogP contribution in [0.25, 0.3) is 33.6 Å². The average Bonchev–Trinajstić information content (AvgIpc) is 3.46. The monoisotopic (exact) mass is 664 g/mol. The smallest absolute Gasteiger partial charge is 0.237 e. The summed E-state index contributed by atoms with van der Waals surface area (Å²) in [5, 5.41) is 7.13. The zero-order chi connectivity index (χ0) is 32.8. The van der Waals surface area contributed by atoms with Crippen LogP contribution >= 0.6 is 23.2 Å². The van der Waals surface area contributed by atoms with Crippen LogP contribution in [-0.2, 0) is 22.7 Å². The van der Waals surface area contributed by atoms with Gasteiger partial charge in [0.1, 0.15) is 11.4 Å². The maximum absolute atomic E-state index is 11.5. The van der Waals surface area contributed by atoms with E-state index in [4.69, 9.17) is 43.4 Å². The largest absolute Gasteiger partial charge is 0.480 e. The van der Waals surface area contributed by atoms with Gasteiger partial charge in [-0.05, 0) is 13.5 Å². The normalized spacial score (nSPS) is 14.4. The number of hydrogen-bond acceptors (Lipinski definition) is 10. The van der Waals surface area contributed by atoms with Crippen molar-refractivity contribution in [1.29, 1.82) is 0 Å². The quantitative estimate of drug-likeness (QED) is 0.192. The van der Waals surface area contributed by atoms with Crippen LogP contribution in [0.4, 0.5) is 0 Å². The van der Waals surface area contributed by atoms with E-state index in [9.17, 15) is 9.59 Å². The average molecular weight is 666 g/mol. The molecule has 4 aromatic rings. The molecule has 0 spiro atoms. The van der Waals surface area contributed by atoms with Crippen LogP contribution in [0.2, 0.25) is 10.0 Å². The Morgan fingerprint density at radius 1 is 0.957 bits per heavy atom. The van der Waals surface area contributed by atoms with E-state index in [1.165, 1.54) is 7.11 Å². The molecule has 3 heterocycles. The van der Waals surface area contributed by atoms with Crippen molar-refractivity contribution >= 4 is 35.0 Å². The molecule has 4 N–H and O–H groups in total. The standard InChI is InChI=1S/C32H34Cl2N8O4/c1-42(17-27(35)43)16-26-32(46-3)41-24(15-38-26)22-9-5-7-20(30(22)34)19-6-4-8-21(29(19)33)23-14-37-25(31(40-23)45-2)13-36-12-18-10-11-28(44)39-18/h4-9,14-15,18,36H,10-13,16-17H2,1-3H3,(H2,35,43)(H,39,44). The maximum atomic E-state index is 11.5. The summed E-state index contributed by atoms with van der Waals surface area (Å²) < 4.78 is 11.1. The molecule has 2 aromatic heterocycles. The van der Waals surface area contributed by atoms with E-state index in [1.54, 1.807) is 31.5 Å². The molecule has 46 heavy (non-hydrogen) atoms. The molecule has 240 valence electrons. The van der Waals surface area contributed by atoms with Crippen LogP contribution in [-0.4, -0.2) is 77.0 Å². The second-order valence-electron chi connectivity index (χ2n) is 10.8. The maximum Gasteiger partial charge on any atom is 0.237 e. The van der Waals surface area contributed by atoms with Crippen molar-refractivity contribution in [2.45, 2.75) is 32.0 Å². The third-order valence-electron chi connectivity index (χ3n) is 7.46. The number of carbonyl (C=O) groups excluding carboxylic acids is 2. The summed E-state index contributed by atoms with van der Waals surface area (Å²) in [4.78, 5) is 43.0. The van der Waals surface area contributed by atoms with Crippen molar-refractivity contribution in [3.05, 3.63) is 70.2 Å². The summed E-state index contributed by atoms with van der Waals surface area (Å²) >= 11 is 14.0. The third-order valence-corrected chi connectivity index (χ3v) is 8.28. The third kappa shape index (κ3) is 7.53. The van der Waals surface area contributed by atoms with Crippen LogP contribution in [0.3, 0.4) is 0 Å². The summed E-state index contributed by atoms with van der Waals surface area (Å²) in [5.41, 5.74) is 10.2. The number of nitrogens with one attached hydrogen (secondary N) is 2. The molecule has 2 aromatic carbocycles. The van der Waals surface area contributed by atoms with Crippen molar-refractivity contribution in [2.75, 3.05) is 34.4 Å². The van der Waals surface area contributed by atoms with Gasteiger partial charge in [0.05, 0.1) is 54.6 Å². The van der Waals surface area contributed by atoms with E-state index < -0.39 is 5.91 Å². The first kappa shape index (κ1) is 33.0. The number of carbonyl (C=O) groups is 2. The van der Waals surface area contributed by atoms with Crippen LogP contribution < -0.4 is 25.8 Å². The molecule has 1 aliphatic heterocycles. The first-order valence-corrected chi connectivity index (χ1v) is 15.3. The minimum Gasteiger partial charge on any atom is -0.480 e. The summed E-state index contributed by atoms with van der Waals surface area (Å²) in [6.07, 6.45) is 4.63. The molecular weight excluding hydrogens is 631 g/mol. The second kappa shape index (κ2) is 14.8. The van der Waals surface area contributed by atoms with E-state index in [0.29, 0.717) is 92.9 Å². The summed E-state index contributed by atoms with van der Waals surface area (Å²) in [5.74, 6) is 0.318. The summed E-state index contributed by atoms with van der Waals surface area (Å²) in [6.45, 7) is 1.45. The van der Waals surface area contributed by atoms with Gasteiger partial charge in [0, 0.05) is 54.4 Å². The number of nitrogens with two attached hydrogens (primary N) is 1. The van der Waals surface area contributed by atoms with E-state index in [1.807, 2.05) is 36.4 Å². The summed E-state index contributed by atoms with van der Waals surface area (Å²) in [6, 6.07) is 11.3. The number of rotatable bonds is 13. The Morgan fingerprint density at radius 3 is 2.02 bits per heavy atom. The topological polar surface area (TPSA) is 157 Å². The SMILES string of the molecule is COc1nc(-c2cccc(-c3cccc(-c4cnc(CN(C)CC(N)=O)c(OC)n4)c3Cl)c2Cl)cnc1CNCC1CCC(=O)N1. The first-order chi connectivity index (χ1) is 22.2. The highest BCUT2D eigenvalue weighted by Gasteiger charge is 2.22. The van der Waals surface area contributed by atoms with Gasteiger partial charge in [0.2, 0.25) is 23.6 Å². The number of primary amides is 1. The number of aromatic nitrogens is 4. The number of halogens is 2. The molecule has 0 radical (unpaired) electrons. The fourth-order valence-corrected chi connectivity index (χ4v) is 5.91. The number of nitrogens with zero attached hydrogens (tertiary/aromatic N) is 5. The van der Waals surface area contributed by atoms with Crippen LogP contribution in [0.1, 0.15) is 24.2 Å². The molecule has 0 bridgehead atoms. The fraction of sp³-hybridized carbons (Fsp3) is 0.312. The Hall–Kier alpha value is -4.36. The predicted molar refractivity (Wildman–Crippen MR) is 175 cm³/mol. The van der Waals surface area contributed by atoms with Gasteiger partial charge >= 0.3 is 0 Å². The zero-order valence-electron chi connectivity index (χ0n) is 25.6. The molecule has 12 nitrogen and oxygen atoms in total. The van der Waals surface area contributed by atoms with Crippen LogP contribution in [0.5, 0.6) is 11.8 Å². The predicted octanol–water partition coefficient (Wildman–Crippen LogP) is 3.88. The van der Waals surface area contributed by atoms with E-state index >= 15 is 0 Å². The number of likely N-dealkylation sites (N-methyl/N-ethyl adjacent to an activating group) is 1. The number of amides is 2. The molecule has 0 aliphatic carbocycles. The molecule has 1 saturated heterocycles. The van der Waals surface area contributed by atoms with Crippen molar-refractivity contribution in [2.24, 2.45) is 5.73 Å². The minimum atomic E-state index is -0.443. The first-order valence-electron chi connectivity index (χ1n) is 14.5. The number of ether oxygens (including phenoxy) is 2. The molecule has 1 unspecified atom stereocenters. The Balaban J connectivity index is 1.40.